The molecule has 0 aromatic heterocycles. The number of benzene rings is 4. The summed E-state index contributed by atoms with van der Waals surface area (Å²) in [5.41, 5.74) is 5.17. The number of imide groups is 2. The molecule has 4 aromatic carbocycles. The van der Waals surface area contributed by atoms with Crippen LogP contribution in [0.2, 0.25) is 5.02 Å². The van der Waals surface area contributed by atoms with Gasteiger partial charge in [0.2, 0.25) is 11.8 Å². The largest absolute Gasteiger partial charge is 0.504 e. The fourth-order valence-electron chi connectivity index (χ4n) is 9.04. The molecule has 2 aliphatic carbocycles. The van der Waals surface area contributed by atoms with Crippen molar-refractivity contribution in [3.8, 4) is 11.5 Å². The van der Waals surface area contributed by atoms with E-state index in [1.807, 2.05) is 25.1 Å². The molecule has 0 radical (unpaired) electrons. The van der Waals surface area contributed by atoms with Crippen molar-refractivity contribution < 1.29 is 33.4 Å². The van der Waals surface area contributed by atoms with Crippen molar-refractivity contribution in [2.24, 2.45) is 23.7 Å². The molecule has 2 aliphatic heterocycles. The Morgan fingerprint density at radius 1 is 0.904 bits per heavy atom. The number of rotatable bonds is 7. The number of allylic oxidation sites excluding steroid dienone is 2. The lowest BCUT2D eigenvalue weighted by atomic mass is 9.49. The number of aromatic hydroxyl groups is 1. The summed E-state index contributed by atoms with van der Waals surface area (Å²) in [7, 11) is 1.42. The Balaban J connectivity index is 1.32. The third kappa shape index (κ3) is 4.95. The molecule has 264 valence electrons. The van der Waals surface area contributed by atoms with E-state index in [1.54, 1.807) is 48.5 Å². The second kappa shape index (κ2) is 12.6. The molecule has 0 unspecified atom stereocenters. The van der Waals surface area contributed by atoms with Gasteiger partial charge in [0.05, 0.1) is 41.7 Å². The SMILES string of the molecule is CCc1ccc(N2C(=O)[C@H]3[C@H](CC=C4[C@H]3C[C@H]3C(=O)N(Nc5ccc(F)cc5)C(=O)[C@@]3(c3ccc(Cl)cc3)[C@H]4c3ccc(O)c(OC)c3)C2=O)cc1. The Hall–Kier alpha value is -5.48. The van der Waals surface area contributed by atoms with Gasteiger partial charge >= 0.3 is 0 Å². The minimum Gasteiger partial charge on any atom is -0.504 e. The number of phenolic OH excluding ortho intramolecular Hbond substituents is 1. The lowest BCUT2D eigenvalue weighted by Crippen LogP contribution is -2.53. The van der Waals surface area contributed by atoms with E-state index in [1.165, 1.54) is 42.3 Å². The number of carbonyl (C=O) groups is 4. The normalized spacial score (nSPS) is 26.5. The molecular formula is C41H35ClFN3O6. The van der Waals surface area contributed by atoms with Crippen LogP contribution in [0.3, 0.4) is 0 Å². The number of ether oxygens (including phenoxy) is 1. The number of nitrogens with zero attached hydrogens (tertiary/aromatic N) is 2. The van der Waals surface area contributed by atoms with Crippen molar-refractivity contribution >= 4 is 46.6 Å². The molecule has 4 aliphatic rings. The summed E-state index contributed by atoms with van der Waals surface area (Å²) in [5.74, 6) is -5.94. The summed E-state index contributed by atoms with van der Waals surface area (Å²) in [6, 6.07) is 24.4. The van der Waals surface area contributed by atoms with Crippen LogP contribution in [-0.4, -0.2) is 40.9 Å². The van der Waals surface area contributed by atoms with Gasteiger partial charge in [0, 0.05) is 10.9 Å². The van der Waals surface area contributed by atoms with Crippen LogP contribution in [0.5, 0.6) is 11.5 Å². The van der Waals surface area contributed by atoms with Gasteiger partial charge in [0.25, 0.3) is 11.8 Å². The standard InChI is InChI=1S/C41H35ClFN3O6/c1-3-22-4-15-28(16-5-22)45-37(48)30-18-17-29-31(35(30)39(45)50)21-32-38(49)46(44-27-13-11-26(43)12-14-27)40(51)41(32,24-7-9-25(42)10-8-24)36(29)23-6-19-33(47)34(20-23)52-2/h4-17,19-20,30-32,35-36,44,47H,3,18,21H2,1-2H3/t30-,31+,32-,35-,36-,41+/m0/s1. The maximum Gasteiger partial charge on any atom is 0.260 e. The van der Waals surface area contributed by atoms with E-state index >= 15 is 4.79 Å². The van der Waals surface area contributed by atoms with Crippen molar-refractivity contribution in [1.82, 2.24) is 5.01 Å². The van der Waals surface area contributed by atoms with Gasteiger partial charge in [-0.25, -0.2) is 4.39 Å². The monoisotopic (exact) mass is 719 g/mol. The number of nitrogens with one attached hydrogen (secondary N) is 1. The van der Waals surface area contributed by atoms with Gasteiger partial charge in [-0.05, 0) is 103 Å². The Morgan fingerprint density at radius 3 is 2.29 bits per heavy atom. The summed E-state index contributed by atoms with van der Waals surface area (Å²) >= 11 is 6.36. The lowest BCUT2D eigenvalue weighted by molar-refractivity contribution is -0.138. The number of phenols is 1. The number of methoxy groups -OCH3 is 1. The molecule has 1 saturated carbocycles. The highest BCUT2D eigenvalue weighted by molar-refractivity contribution is 6.30. The van der Waals surface area contributed by atoms with Crippen LogP contribution in [0.1, 0.15) is 42.4 Å². The van der Waals surface area contributed by atoms with E-state index < -0.39 is 52.6 Å². The molecule has 4 amide bonds. The number of anilines is 2. The molecular weight excluding hydrogens is 685 g/mol. The van der Waals surface area contributed by atoms with Gasteiger partial charge in [-0.15, -0.1) is 0 Å². The number of hydrazine groups is 1. The minimum absolute atomic E-state index is 0.106. The van der Waals surface area contributed by atoms with Gasteiger partial charge in [0.1, 0.15) is 5.82 Å². The zero-order valence-electron chi connectivity index (χ0n) is 28.4. The Kier molecular flexibility index (Phi) is 8.17. The highest BCUT2D eigenvalue weighted by Gasteiger charge is 2.70. The van der Waals surface area contributed by atoms with E-state index in [0.717, 1.165) is 22.6 Å². The van der Waals surface area contributed by atoms with Gasteiger partial charge in [-0.1, -0.05) is 60.5 Å². The van der Waals surface area contributed by atoms with Crippen LogP contribution in [0.25, 0.3) is 0 Å². The fraction of sp³-hybridized carbons (Fsp3) is 0.268. The number of hydrogen-bond acceptors (Lipinski definition) is 7. The molecule has 4 aromatic rings. The molecule has 11 heteroatoms. The van der Waals surface area contributed by atoms with Crippen LogP contribution < -0.4 is 15.1 Å². The zero-order valence-corrected chi connectivity index (χ0v) is 29.1. The van der Waals surface area contributed by atoms with Crippen molar-refractivity contribution in [3.05, 3.63) is 130 Å². The molecule has 6 atom stereocenters. The first kappa shape index (κ1) is 33.7. The maximum atomic E-state index is 15.2. The summed E-state index contributed by atoms with van der Waals surface area (Å²) in [4.78, 5) is 59.8. The highest BCUT2D eigenvalue weighted by Crippen LogP contribution is 2.64. The second-order valence-electron chi connectivity index (χ2n) is 13.8. The Bertz CT molecular complexity index is 2150. The molecule has 52 heavy (non-hydrogen) atoms. The third-order valence-corrected chi connectivity index (χ3v) is 11.6. The van der Waals surface area contributed by atoms with Gasteiger partial charge in [-0.3, -0.25) is 29.5 Å². The number of hydrogen-bond donors (Lipinski definition) is 2. The van der Waals surface area contributed by atoms with Gasteiger partial charge in [-0.2, -0.15) is 5.01 Å². The molecule has 2 N–H and O–H groups in total. The fourth-order valence-corrected chi connectivity index (χ4v) is 9.17. The zero-order chi connectivity index (χ0) is 36.5. The summed E-state index contributed by atoms with van der Waals surface area (Å²) in [6.07, 6.45) is 3.14. The molecule has 0 spiro atoms. The molecule has 9 nitrogen and oxygen atoms in total. The quantitative estimate of drug-likeness (QED) is 0.157. The topological polar surface area (TPSA) is 116 Å². The predicted octanol–water partition coefficient (Wildman–Crippen LogP) is 6.95. The van der Waals surface area contributed by atoms with E-state index in [-0.39, 0.29) is 36.2 Å². The summed E-state index contributed by atoms with van der Waals surface area (Å²) < 4.78 is 19.4. The van der Waals surface area contributed by atoms with Crippen molar-refractivity contribution in [2.75, 3.05) is 17.4 Å². The number of fused-ring (bicyclic) bond motifs is 4. The van der Waals surface area contributed by atoms with Gasteiger partial charge < -0.3 is 9.84 Å². The first-order valence-electron chi connectivity index (χ1n) is 17.3. The Labute approximate surface area is 304 Å². The average molecular weight is 720 g/mol. The van der Waals surface area contributed by atoms with Crippen LogP contribution in [0.15, 0.2) is 103 Å². The summed E-state index contributed by atoms with van der Waals surface area (Å²) in [6.45, 7) is 2.03. The molecule has 2 saturated heterocycles. The number of aryl methyl sites for hydroxylation is 1. The Morgan fingerprint density at radius 2 is 1.62 bits per heavy atom. The summed E-state index contributed by atoms with van der Waals surface area (Å²) in [5, 5.41) is 12.1. The van der Waals surface area contributed by atoms with E-state index in [4.69, 9.17) is 16.3 Å². The van der Waals surface area contributed by atoms with Crippen molar-refractivity contribution in [2.45, 2.75) is 37.5 Å². The smallest absolute Gasteiger partial charge is 0.260 e. The van der Waals surface area contributed by atoms with Gasteiger partial charge in [0.15, 0.2) is 11.5 Å². The number of halogens is 2. The third-order valence-electron chi connectivity index (χ3n) is 11.4. The minimum atomic E-state index is -1.55. The molecule has 0 bridgehead atoms. The van der Waals surface area contributed by atoms with E-state index in [0.29, 0.717) is 27.5 Å². The van der Waals surface area contributed by atoms with E-state index in [2.05, 4.69) is 5.43 Å². The number of amides is 4. The molecule has 3 fully saturated rings. The second-order valence-corrected chi connectivity index (χ2v) is 14.3. The number of carbonyl (C=O) groups excluding carboxylic acids is 4. The van der Waals surface area contributed by atoms with Crippen LogP contribution in [0, 0.1) is 29.5 Å². The van der Waals surface area contributed by atoms with Crippen molar-refractivity contribution in [1.29, 1.82) is 0 Å². The first-order valence-corrected chi connectivity index (χ1v) is 17.7. The van der Waals surface area contributed by atoms with Crippen LogP contribution in [-0.2, 0) is 31.0 Å². The van der Waals surface area contributed by atoms with E-state index in [9.17, 15) is 23.9 Å². The highest BCUT2D eigenvalue weighted by atomic mass is 35.5. The lowest BCUT2D eigenvalue weighted by Gasteiger charge is -2.50. The predicted molar refractivity (Wildman–Crippen MR) is 192 cm³/mol. The first-order chi connectivity index (χ1) is 25.1. The maximum absolute atomic E-state index is 15.2. The molecule has 2 heterocycles. The average Bonchev–Trinajstić information content (AvgIpc) is 3.53. The van der Waals surface area contributed by atoms with Crippen LogP contribution >= 0.6 is 11.6 Å². The van der Waals surface area contributed by atoms with Crippen molar-refractivity contribution in [3.63, 3.8) is 0 Å². The molecule has 8 rings (SSSR count). The van der Waals surface area contributed by atoms with Crippen LogP contribution in [0.4, 0.5) is 15.8 Å².